The molecule has 1 amide bonds. The van der Waals surface area contributed by atoms with Crippen LogP contribution in [0.5, 0.6) is 5.88 Å². The highest BCUT2D eigenvalue weighted by atomic mass is 16.6. The monoisotopic (exact) mass is 402 g/mol. The molecule has 3 rings (SSSR count). The van der Waals surface area contributed by atoms with Crippen LogP contribution in [0.4, 0.5) is 4.79 Å². The summed E-state index contributed by atoms with van der Waals surface area (Å²) in [7, 11) is 3.48. The topological polar surface area (TPSA) is 95.3 Å². The highest BCUT2D eigenvalue weighted by Crippen LogP contribution is 2.26. The highest BCUT2D eigenvalue weighted by Gasteiger charge is 2.20. The maximum Gasteiger partial charge on any atom is 0.409 e. The van der Waals surface area contributed by atoms with Crippen molar-refractivity contribution in [3.05, 3.63) is 17.6 Å². The molecule has 2 aromatic rings. The Bertz CT molecular complexity index is 832. The molecule has 0 aromatic carbocycles. The molecule has 0 atom stereocenters. The zero-order valence-corrected chi connectivity index (χ0v) is 17.7. The molecular weight excluding hydrogens is 372 g/mol. The number of hydrogen-bond donors (Lipinski definition) is 0. The van der Waals surface area contributed by atoms with Crippen LogP contribution in [0.2, 0.25) is 0 Å². The second kappa shape index (κ2) is 9.67. The van der Waals surface area contributed by atoms with Crippen molar-refractivity contribution in [3.8, 4) is 17.3 Å². The van der Waals surface area contributed by atoms with Crippen molar-refractivity contribution in [1.82, 2.24) is 29.9 Å². The van der Waals surface area contributed by atoms with Gasteiger partial charge in [-0.25, -0.2) is 19.4 Å². The third-order valence-electron chi connectivity index (χ3n) is 5.12. The first kappa shape index (κ1) is 21.0. The molecule has 9 nitrogen and oxygen atoms in total. The zero-order chi connectivity index (χ0) is 20.8. The molecule has 0 unspecified atom stereocenters. The van der Waals surface area contributed by atoms with Gasteiger partial charge in [0.1, 0.15) is 35.5 Å². The van der Waals surface area contributed by atoms with E-state index < -0.39 is 0 Å². The summed E-state index contributed by atoms with van der Waals surface area (Å²) in [6.45, 7) is 4.59. The van der Waals surface area contributed by atoms with E-state index in [1.807, 2.05) is 13.8 Å². The summed E-state index contributed by atoms with van der Waals surface area (Å²) in [6.07, 6.45) is 8.15. The van der Waals surface area contributed by atoms with Gasteiger partial charge in [0.25, 0.3) is 0 Å². The van der Waals surface area contributed by atoms with Gasteiger partial charge in [-0.05, 0) is 39.0 Å². The lowest BCUT2D eigenvalue weighted by Gasteiger charge is -2.22. The maximum absolute atomic E-state index is 12.1. The maximum atomic E-state index is 12.1. The molecule has 9 heteroatoms. The van der Waals surface area contributed by atoms with Crippen LogP contribution >= 0.6 is 0 Å². The summed E-state index contributed by atoms with van der Waals surface area (Å²) in [4.78, 5) is 22.7. The number of ether oxygens (including phenoxy) is 2. The van der Waals surface area contributed by atoms with Crippen LogP contribution in [-0.4, -0.2) is 55.7 Å². The fourth-order valence-corrected chi connectivity index (χ4v) is 3.45. The lowest BCUT2D eigenvalue weighted by Crippen LogP contribution is -2.28. The van der Waals surface area contributed by atoms with Crippen LogP contribution in [0.15, 0.2) is 6.20 Å². The third kappa shape index (κ3) is 5.21. The van der Waals surface area contributed by atoms with E-state index in [4.69, 9.17) is 9.47 Å². The van der Waals surface area contributed by atoms with Crippen molar-refractivity contribution < 1.29 is 14.3 Å². The molecule has 0 saturated heterocycles. The average molecular weight is 402 g/mol. The summed E-state index contributed by atoms with van der Waals surface area (Å²) in [5.41, 5.74) is 2.51. The molecule has 0 bridgehead atoms. The van der Waals surface area contributed by atoms with Crippen LogP contribution in [0, 0.1) is 6.92 Å². The fraction of sp³-hybridized carbons (Fsp3) is 0.650. The molecule has 2 heterocycles. The van der Waals surface area contributed by atoms with Gasteiger partial charge < -0.3 is 14.4 Å². The minimum absolute atomic E-state index is 0.0623. The number of carbonyl (C=O) groups is 1. The van der Waals surface area contributed by atoms with Gasteiger partial charge in [-0.2, -0.15) is 0 Å². The van der Waals surface area contributed by atoms with Crippen molar-refractivity contribution in [2.75, 3.05) is 13.6 Å². The Morgan fingerprint density at radius 2 is 2.07 bits per heavy atom. The van der Waals surface area contributed by atoms with Crippen LogP contribution in [0.1, 0.15) is 56.8 Å². The summed E-state index contributed by atoms with van der Waals surface area (Å²) in [5.74, 6) is 0.568. The van der Waals surface area contributed by atoms with Crippen LogP contribution < -0.4 is 4.74 Å². The Hall–Kier alpha value is -2.71. The van der Waals surface area contributed by atoms with E-state index in [0.29, 0.717) is 35.2 Å². The molecule has 158 valence electrons. The molecule has 0 aliphatic heterocycles. The second-order valence-electron chi connectivity index (χ2n) is 7.51. The number of rotatable bonds is 7. The van der Waals surface area contributed by atoms with Gasteiger partial charge in [-0.15, -0.1) is 5.10 Å². The van der Waals surface area contributed by atoms with Crippen LogP contribution in [0.3, 0.4) is 0 Å². The number of hydrogen-bond acceptors (Lipinski definition) is 7. The van der Waals surface area contributed by atoms with E-state index in [1.54, 1.807) is 29.9 Å². The first-order chi connectivity index (χ1) is 14.0. The Morgan fingerprint density at radius 1 is 1.31 bits per heavy atom. The highest BCUT2D eigenvalue weighted by molar-refractivity contribution is 5.67. The van der Waals surface area contributed by atoms with Gasteiger partial charge in [0, 0.05) is 20.6 Å². The van der Waals surface area contributed by atoms with E-state index in [-0.39, 0.29) is 18.8 Å². The second-order valence-corrected chi connectivity index (χ2v) is 7.51. The van der Waals surface area contributed by atoms with Gasteiger partial charge in [0.05, 0.1) is 6.20 Å². The number of aromatic nitrogens is 5. The Labute approximate surface area is 171 Å². The van der Waals surface area contributed by atoms with Crippen LogP contribution in [0.25, 0.3) is 11.4 Å². The molecule has 1 saturated carbocycles. The Balaban J connectivity index is 1.72. The van der Waals surface area contributed by atoms with Crippen molar-refractivity contribution >= 4 is 6.09 Å². The van der Waals surface area contributed by atoms with E-state index in [0.717, 1.165) is 19.3 Å². The zero-order valence-electron chi connectivity index (χ0n) is 17.7. The molecule has 0 spiro atoms. The molecule has 1 fully saturated rings. The number of nitrogens with zero attached hydrogens (tertiary/aromatic N) is 6. The SMILES string of the molecule is CCCN(C)C(=O)OCc1c(-c2cnc(OC3CCCCC3)c(C)n2)nnn1C. The molecule has 0 N–H and O–H groups in total. The third-order valence-corrected chi connectivity index (χ3v) is 5.12. The van der Waals surface area contributed by atoms with Gasteiger partial charge in [0.15, 0.2) is 0 Å². The lowest BCUT2D eigenvalue weighted by atomic mass is 9.98. The quantitative estimate of drug-likeness (QED) is 0.701. The van der Waals surface area contributed by atoms with E-state index >= 15 is 0 Å². The van der Waals surface area contributed by atoms with E-state index in [1.165, 1.54) is 19.3 Å². The summed E-state index contributed by atoms with van der Waals surface area (Å²) < 4.78 is 13.1. The first-order valence-corrected chi connectivity index (χ1v) is 10.3. The van der Waals surface area contributed by atoms with Gasteiger partial charge in [0.2, 0.25) is 5.88 Å². The molecule has 29 heavy (non-hydrogen) atoms. The van der Waals surface area contributed by atoms with Crippen molar-refractivity contribution in [3.63, 3.8) is 0 Å². The molecule has 1 aliphatic carbocycles. The lowest BCUT2D eigenvalue weighted by molar-refractivity contribution is 0.103. The molecule has 2 aromatic heterocycles. The fourth-order valence-electron chi connectivity index (χ4n) is 3.45. The predicted octanol–water partition coefficient (Wildman–Crippen LogP) is 3.27. The average Bonchev–Trinajstić information content (AvgIpc) is 3.09. The number of amides is 1. The number of aryl methyl sites for hydroxylation is 2. The van der Waals surface area contributed by atoms with Crippen molar-refractivity contribution in [1.29, 1.82) is 0 Å². The first-order valence-electron chi connectivity index (χ1n) is 10.3. The summed E-state index contributed by atoms with van der Waals surface area (Å²) >= 11 is 0. The Morgan fingerprint density at radius 3 is 2.76 bits per heavy atom. The molecule has 1 aliphatic rings. The summed E-state index contributed by atoms with van der Waals surface area (Å²) in [6, 6.07) is 0. The van der Waals surface area contributed by atoms with Gasteiger partial charge >= 0.3 is 6.09 Å². The predicted molar refractivity (Wildman–Crippen MR) is 107 cm³/mol. The Kier molecular flexibility index (Phi) is 7.00. The minimum Gasteiger partial charge on any atom is -0.473 e. The standard InChI is InChI=1S/C20H30N6O3/c1-5-11-25(3)20(27)28-13-17-18(23-24-26(17)4)16-12-21-19(14(2)22-16)29-15-9-7-6-8-10-15/h12,15H,5-11,13H2,1-4H3. The van der Waals surface area contributed by atoms with Crippen molar-refractivity contribution in [2.45, 2.75) is 65.1 Å². The van der Waals surface area contributed by atoms with E-state index in [9.17, 15) is 4.79 Å². The largest absolute Gasteiger partial charge is 0.473 e. The molecular formula is C20H30N6O3. The summed E-state index contributed by atoms with van der Waals surface area (Å²) in [5, 5.41) is 8.26. The smallest absolute Gasteiger partial charge is 0.409 e. The van der Waals surface area contributed by atoms with Gasteiger partial charge in [-0.3, -0.25) is 0 Å². The number of carbonyl (C=O) groups excluding carboxylic acids is 1. The normalized spacial score (nSPS) is 14.6. The van der Waals surface area contributed by atoms with E-state index in [2.05, 4.69) is 20.3 Å². The van der Waals surface area contributed by atoms with Crippen molar-refractivity contribution in [2.24, 2.45) is 7.05 Å². The van der Waals surface area contributed by atoms with Crippen LogP contribution in [-0.2, 0) is 18.4 Å². The molecule has 0 radical (unpaired) electrons. The van der Waals surface area contributed by atoms with Gasteiger partial charge in [-0.1, -0.05) is 18.6 Å². The minimum atomic E-state index is -0.377.